The van der Waals surface area contributed by atoms with Crippen LogP contribution in [0.15, 0.2) is 43.3 Å². The van der Waals surface area contributed by atoms with E-state index in [4.69, 9.17) is 5.26 Å². The summed E-state index contributed by atoms with van der Waals surface area (Å²) in [6.07, 6.45) is 3.81. The Balaban J connectivity index is 0.000000263. The van der Waals surface area contributed by atoms with E-state index in [9.17, 15) is 4.79 Å². The van der Waals surface area contributed by atoms with Gasteiger partial charge in [-0.25, -0.2) is 4.98 Å². The highest BCUT2D eigenvalue weighted by atomic mass is 79.9. The molecule has 0 aliphatic carbocycles. The van der Waals surface area contributed by atoms with Gasteiger partial charge in [-0.1, -0.05) is 20.8 Å². The van der Waals surface area contributed by atoms with Gasteiger partial charge in [0.1, 0.15) is 11.8 Å². The number of pyridine rings is 2. The molecular formula is C18H19Br2N3OS2. The van der Waals surface area contributed by atoms with Crippen LogP contribution in [0.5, 0.6) is 0 Å². The van der Waals surface area contributed by atoms with Gasteiger partial charge in [0.05, 0.1) is 0 Å². The third kappa shape index (κ3) is 7.39. The Morgan fingerprint density at radius 2 is 1.58 bits per heavy atom. The van der Waals surface area contributed by atoms with Crippen molar-refractivity contribution in [3.05, 3.63) is 44.9 Å². The molecule has 0 N–H and O–H groups in total. The number of nitriles is 1. The number of ketones is 1. The van der Waals surface area contributed by atoms with E-state index in [1.54, 1.807) is 35.9 Å². The number of halogens is 2. The summed E-state index contributed by atoms with van der Waals surface area (Å²) in [5, 5.41) is 8.69. The van der Waals surface area contributed by atoms with Crippen LogP contribution in [-0.4, -0.2) is 27.3 Å². The maximum absolute atomic E-state index is 11.5. The van der Waals surface area contributed by atoms with Crippen molar-refractivity contribution >= 4 is 61.2 Å². The van der Waals surface area contributed by atoms with E-state index in [0.717, 1.165) is 30.2 Å². The van der Waals surface area contributed by atoms with Crippen LogP contribution in [0.25, 0.3) is 0 Å². The van der Waals surface area contributed by atoms with Gasteiger partial charge in [-0.2, -0.15) is 5.26 Å². The summed E-state index contributed by atoms with van der Waals surface area (Å²) in [4.78, 5) is 21.6. The molecule has 0 unspecified atom stereocenters. The minimum Gasteiger partial charge on any atom is -0.292 e. The predicted molar refractivity (Wildman–Crippen MR) is 116 cm³/mol. The summed E-state index contributed by atoms with van der Waals surface area (Å²) in [7, 11) is 0. The molecule has 0 aliphatic heterocycles. The lowest BCUT2D eigenvalue weighted by Gasteiger charge is -2.05. The molecule has 0 radical (unpaired) electrons. The monoisotopic (exact) mass is 515 g/mol. The van der Waals surface area contributed by atoms with Crippen molar-refractivity contribution in [1.82, 2.24) is 9.97 Å². The fraction of sp³-hybridized carbons (Fsp3) is 0.333. The SMILES string of the molecule is CCSc1cc(Br)cnc1C#N.CCSc1cc(Br)cnc1C(=O)CC. The summed E-state index contributed by atoms with van der Waals surface area (Å²) < 4.78 is 1.83. The lowest BCUT2D eigenvalue weighted by Crippen LogP contribution is -2.02. The van der Waals surface area contributed by atoms with Crippen molar-refractivity contribution in [1.29, 1.82) is 5.26 Å². The van der Waals surface area contributed by atoms with E-state index in [1.165, 1.54) is 0 Å². The lowest BCUT2D eigenvalue weighted by atomic mass is 10.2. The molecule has 0 spiro atoms. The van der Waals surface area contributed by atoms with Gasteiger partial charge in [-0.3, -0.25) is 9.78 Å². The van der Waals surface area contributed by atoms with Crippen molar-refractivity contribution in [2.24, 2.45) is 0 Å². The number of Topliss-reactive ketones (excluding diaryl/α,β-unsaturated/α-hetero) is 1. The first-order valence-electron chi connectivity index (χ1n) is 7.96. The van der Waals surface area contributed by atoms with E-state index in [-0.39, 0.29) is 5.78 Å². The first kappa shape index (κ1) is 23.2. The van der Waals surface area contributed by atoms with Gasteiger partial charge in [0, 0.05) is 37.6 Å². The number of hydrogen-bond acceptors (Lipinski definition) is 6. The quantitative estimate of drug-likeness (QED) is 0.328. The molecule has 26 heavy (non-hydrogen) atoms. The van der Waals surface area contributed by atoms with Crippen LogP contribution < -0.4 is 0 Å². The minimum atomic E-state index is 0.105. The van der Waals surface area contributed by atoms with Crippen molar-refractivity contribution in [3.63, 3.8) is 0 Å². The molecule has 0 saturated heterocycles. The number of aromatic nitrogens is 2. The van der Waals surface area contributed by atoms with Crippen molar-refractivity contribution in [2.45, 2.75) is 37.0 Å². The van der Waals surface area contributed by atoms with Gasteiger partial charge in [-0.15, -0.1) is 23.5 Å². The molecule has 2 heterocycles. The average Bonchev–Trinajstić information content (AvgIpc) is 2.63. The van der Waals surface area contributed by atoms with E-state index in [0.29, 0.717) is 17.8 Å². The Morgan fingerprint density at radius 1 is 1.04 bits per heavy atom. The Hall–Kier alpha value is -0.880. The molecule has 0 amide bonds. The van der Waals surface area contributed by atoms with Gasteiger partial charge >= 0.3 is 0 Å². The third-order valence-electron chi connectivity index (χ3n) is 2.93. The fourth-order valence-corrected chi connectivity index (χ4v) is 4.38. The number of rotatable bonds is 6. The van der Waals surface area contributed by atoms with E-state index in [1.807, 2.05) is 26.0 Å². The number of thioether (sulfide) groups is 2. The molecule has 2 aromatic rings. The molecule has 2 rings (SSSR count). The normalized spacial score (nSPS) is 9.85. The first-order chi connectivity index (χ1) is 12.5. The molecule has 0 bridgehead atoms. The highest BCUT2D eigenvalue weighted by molar-refractivity contribution is 9.10. The van der Waals surface area contributed by atoms with Gasteiger partial charge in [0.25, 0.3) is 0 Å². The van der Waals surface area contributed by atoms with Crippen LogP contribution in [0.1, 0.15) is 43.4 Å². The molecule has 138 valence electrons. The smallest absolute Gasteiger partial charge is 0.182 e. The van der Waals surface area contributed by atoms with Gasteiger partial charge in [0.15, 0.2) is 11.5 Å². The molecule has 0 saturated carbocycles. The van der Waals surface area contributed by atoms with Crippen LogP contribution in [0.4, 0.5) is 0 Å². The van der Waals surface area contributed by atoms with Gasteiger partial charge < -0.3 is 0 Å². The van der Waals surface area contributed by atoms with E-state index >= 15 is 0 Å². The zero-order chi connectivity index (χ0) is 19.5. The topological polar surface area (TPSA) is 66.6 Å². The highest BCUT2D eigenvalue weighted by Crippen LogP contribution is 2.25. The molecule has 0 aliphatic rings. The van der Waals surface area contributed by atoms with Crippen LogP contribution in [0.3, 0.4) is 0 Å². The Bertz CT molecular complexity index is 794. The summed E-state index contributed by atoms with van der Waals surface area (Å²) in [6.45, 7) is 5.96. The fourth-order valence-electron chi connectivity index (χ4n) is 1.83. The Morgan fingerprint density at radius 3 is 2.12 bits per heavy atom. The molecule has 0 fully saturated rings. The largest absolute Gasteiger partial charge is 0.292 e. The summed E-state index contributed by atoms with van der Waals surface area (Å²) in [5.41, 5.74) is 1.10. The van der Waals surface area contributed by atoms with E-state index < -0.39 is 0 Å². The lowest BCUT2D eigenvalue weighted by molar-refractivity contribution is 0.0980. The van der Waals surface area contributed by atoms with Crippen LogP contribution >= 0.6 is 55.4 Å². The molecule has 8 heteroatoms. The molecule has 0 aromatic carbocycles. The van der Waals surface area contributed by atoms with Crippen molar-refractivity contribution in [2.75, 3.05) is 11.5 Å². The van der Waals surface area contributed by atoms with E-state index in [2.05, 4.69) is 54.8 Å². The standard InChI is InChI=1S/C10H12BrNOS.C8H7BrN2S/c1-3-8(13)10-9(14-4-2)5-7(11)6-12-10;1-2-12-8-3-6(9)5-11-7(8)4-10/h5-6H,3-4H2,1-2H3;3,5H,2H2,1H3. The zero-order valence-corrected chi connectivity index (χ0v) is 19.6. The molecule has 4 nitrogen and oxygen atoms in total. The molecule has 2 aromatic heterocycles. The number of carbonyl (C=O) groups is 1. The zero-order valence-electron chi connectivity index (χ0n) is 14.8. The second-order valence-electron chi connectivity index (χ2n) is 4.76. The second-order valence-corrected chi connectivity index (χ2v) is 9.20. The summed E-state index contributed by atoms with van der Waals surface area (Å²) >= 11 is 9.93. The van der Waals surface area contributed by atoms with Crippen LogP contribution in [0, 0.1) is 11.3 Å². The second kappa shape index (κ2) is 12.5. The minimum absolute atomic E-state index is 0.105. The number of hydrogen-bond donors (Lipinski definition) is 0. The molecule has 0 atom stereocenters. The predicted octanol–water partition coefficient (Wildman–Crippen LogP) is 6.38. The Kier molecular flexibility index (Phi) is 11.1. The average molecular weight is 517 g/mol. The number of nitrogens with zero attached hydrogens (tertiary/aromatic N) is 3. The third-order valence-corrected chi connectivity index (χ3v) is 5.62. The van der Waals surface area contributed by atoms with Gasteiger partial charge in [-0.05, 0) is 55.5 Å². The maximum Gasteiger partial charge on any atom is 0.182 e. The van der Waals surface area contributed by atoms with Crippen LogP contribution in [-0.2, 0) is 0 Å². The highest BCUT2D eigenvalue weighted by Gasteiger charge is 2.11. The van der Waals surface area contributed by atoms with Gasteiger partial charge in [0.2, 0.25) is 0 Å². The number of carbonyl (C=O) groups excluding carboxylic acids is 1. The first-order valence-corrected chi connectivity index (χ1v) is 11.5. The molecular weight excluding hydrogens is 498 g/mol. The van der Waals surface area contributed by atoms with Crippen molar-refractivity contribution < 1.29 is 4.79 Å². The van der Waals surface area contributed by atoms with Crippen molar-refractivity contribution in [3.8, 4) is 6.07 Å². The Labute approximate surface area is 179 Å². The van der Waals surface area contributed by atoms with Crippen LogP contribution in [0.2, 0.25) is 0 Å². The summed E-state index contributed by atoms with van der Waals surface area (Å²) in [5.74, 6) is 2.00. The maximum atomic E-state index is 11.5. The summed E-state index contributed by atoms with van der Waals surface area (Å²) in [6, 6.07) is 5.92.